The van der Waals surface area contributed by atoms with E-state index in [1.165, 1.54) is 0 Å². The third kappa shape index (κ3) is 4.92. The van der Waals surface area contributed by atoms with Crippen molar-refractivity contribution in [3.63, 3.8) is 0 Å². The SMILES string of the molecule is CC(NC(=O)NCCc1cnn(-c2ccccc2)c1)c1ccc2c(c1)OCCCO2. The summed E-state index contributed by atoms with van der Waals surface area (Å²) >= 11 is 0. The van der Waals surface area contributed by atoms with E-state index in [0.717, 1.165) is 34.7 Å². The Morgan fingerprint density at radius 1 is 1.13 bits per heavy atom. The lowest BCUT2D eigenvalue weighted by molar-refractivity contribution is 0.238. The van der Waals surface area contributed by atoms with E-state index in [9.17, 15) is 4.79 Å². The highest BCUT2D eigenvalue weighted by Gasteiger charge is 2.15. The first kappa shape index (κ1) is 19.8. The molecule has 0 saturated carbocycles. The predicted octanol–water partition coefficient (Wildman–Crippen LogP) is 3.64. The van der Waals surface area contributed by atoms with Gasteiger partial charge in [0, 0.05) is 19.2 Å². The second-order valence-corrected chi connectivity index (χ2v) is 7.26. The maximum Gasteiger partial charge on any atom is 0.315 e. The molecule has 0 radical (unpaired) electrons. The molecule has 1 unspecified atom stereocenters. The maximum atomic E-state index is 12.3. The van der Waals surface area contributed by atoms with Crippen molar-refractivity contribution in [3.05, 3.63) is 72.1 Å². The van der Waals surface area contributed by atoms with Crippen LogP contribution in [0.1, 0.15) is 30.5 Å². The number of aromatic nitrogens is 2. The fraction of sp³-hybridized carbons (Fsp3) is 0.304. The molecule has 2 heterocycles. The average molecular weight is 406 g/mol. The number of hydrogen-bond acceptors (Lipinski definition) is 4. The molecule has 0 bridgehead atoms. The van der Waals surface area contributed by atoms with Gasteiger partial charge in [-0.05, 0) is 48.7 Å². The number of amides is 2. The van der Waals surface area contributed by atoms with Crippen LogP contribution in [-0.2, 0) is 6.42 Å². The van der Waals surface area contributed by atoms with E-state index in [2.05, 4.69) is 15.7 Å². The number of carbonyl (C=O) groups is 1. The van der Waals surface area contributed by atoms with Crippen LogP contribution in [-0.4, -0.2) is 35.6 Å². The summed E-state index contributed by atoms with van der Waals surface area (Å²) in [6, 6.07) is 15.4. The van der Waals surface area contributed by atoms with Crippen LogP contribution >= 0.6 is 0 Å². The maximum absolute atomic E-state index is 12.3. The van der Waals surface area contributed by atoms with Crippen molar-refractivity contribution in [2.24, 2.45) is 0 Å². The van der Waals surface area contributed by atoms with Gasteiger partial charge in [0.1, 0.15) is 0 Å². The van der Waals surface area contributed by atoms with Crippen LogP contribution < -0.4 is 20.1 Å². The molecule has 1 aliphatic heterocycles. The predicted molar refractivity (Wildman–Crippen MR) is 114 cm³/mol. The number of nitrogens with zero attached hydrogens (tertiary/aromatic N) is 2. The smallest absolute Gasteiger partial charge is 0.315 e. The van der Waals surface area contributed by atoms with Crippen molar-refractivity contribution in [2.45, 2.75) is 25.8 Å². The van der Waals surface area contributed by atoms with Crippen molar-refractivity contribution in [2.75, 3.05) is 19.8 Å². The Labute approximate surface area is 176 Å². The minimum absolute atomic E-state index is 0.150. The molecule has 156 valence electrons. The van der Waals surface area contributed by atoms with Gasteiger partial charge in [0.25, 0.3) is 0 Å². The highest BCUT2D eigenvalue weighted by atomic mass is 16.5. The van der Waals surface area contributed by atoms with Gasteiger partial charge in [-0.25, -0.2) is 9.48 Å². The van der Waals surface area contributed by atoms with Crippen molar-refractivity contribution in [1.29, 1.82) is 0 Å². The Morgan fingerprint density at radius 2 is 1.93 bits per heavy atom. The number of para-hydroxylation sites is 1. The van der Waals surface area contributed by atoms with Crippen LogP contribution in [0.5, 0.6) is 11.5 Å². The number of hydrogen-bond donors (Lipinski definition) is 2. The van der Waals surface area contributed by atoms with Crippen LogP contribution in [0, 0.1) is 0 Å². The quantitative estimate of drug-likeness (QED) is 0.655. The summed E-state index contributed by atoms with van der Waals surface area (Å²) in [5.74, 6) is 1.48. The molecule has 2 aromatic carbocycles. The van der Waals surface area contributed by atoms with Gasteiger partial charge in [-0.2, -0.15) is 5.10 Å². The summed E-state index contributed by atoms with van der Waals surface area (Å²) in [4.78, 5) is 12.3. The zero-order chi connectivity index (χ0) is 20.8. The largest absolute Gasteiger partial charge is 0.490 e. The molecule has 0 fully saturated rings. The molecular weight excluding hydrogens is 380 g/mol. The van der Waals surface area contributed by atoms with Gasteiger partial charge in [0.15, 0.2) is 11.5 Å². The molecule has 2 N–H and O–H groups in total. The van der Waals surface area contributed by atoms with E-state index >= 15 is 0 Å². The summed E-state index contributed by atoms with van der Waals surface area (Å²) in [7, 11) is 0. The minimum Gasteiger partial charge on any atom is -0.490 e. The third-order valence-electron chi connectivity index (χ3n) is 4.98. The van der Waals surface area contributed by atoms with Crippen LogP contribution in [0.3, 0.4) is 0 Å². The second kappa shape index (κ2) is 9.35. The first-order valence-corrected chi connectivity index (χ1v) is 10.2. The summed E-state index contributed by atoms with van der Waals surface area (Å²) < 4.78 is 13.2. The molecule has 3 aromatic rings. The molecule has 1 aromatic heterocycles. The molecular formula is C23H26N4O3. The molecule has 7 heteroatoms. The highest BCUT2D eigenvalue weighted by molar-refractivity contribution is 5.74. The molecule has 0 aliphatic carbocycles. The number of urea groups is 1. The molecule has 30 heavy (non-hydrogen) atoms. The van der Waals surface area contributed by atoms with Crippen LogP contribution in [0.4, 0.5) is 4.79 Å². The van der Waals surface area contributed by atoms with Crippen LogP contribution in [0.25, 0.3) is 5.69 Å². The average Bonchev–Trinajstić information content (AvgIpc) is 3.11. The number of carbonyl (C=O) groups excluding carboxylic acids is 1. The first-order valence-electron chi connectivity index (χ1n) is 10.2. The number of nitrogens with one attached hydrogen (secondary N) is 2. The number of fused-ring (bicyclic) bond motifs is 1. The lowest BCUT2D eigenvalue weighted by Gasteiger charge is -2.17. The Morgan fingerprint density at radius 3 is 2.77 bits per heavy atom. The highest BCUT2D eigenvalue weighted by Crippen LogP contribution is 2.32. The van der Waals surface area contributed by atoms with E-state index < -0.39 is 0 Å². The Bertz CT molecular complexity index is 987. The molecule has 1 atom stereocenters. The second-order valence-electron chi connectivity index (χ2n) is 7.26. The monoisotopic (exact) mass is 406 g/mol. The van der Waals surface area contributed by atoms with Crippen molar-refractivity contribution >= 4 is 6.03 Å². The third-order valence-corrected chi connectivity index (χ3v) is 4.98. The van der Waals surface area contributed by atoms with Gasteiger partial charge in [-0.15, -0.1) is 0 Å². The van der Waals surface area contributed by atoms with Gasteiger partial charge >= 0.3 is 6.03 Å². The van der Waals surface area contributed by atoms with Crippen molar-refractivity contribution in [1.82, 2.24) is 20.4 Å². The molecule has 7 nitrogen and oxygen atoms in total. The molecule has 4 rings (SSSR count). The normalized spacial score (nSPS) is 13.9. The fourth-order valence-corrected chi connectivity index (χ4v) is 3.31. The molecule has 0 saturated heterocycles. The minimum atomic E-state index is -0.204. The zero-order valence-electron chi connectivity index (χ0n) is 17.0. The van der Waals surface area contributed by atoms with E-state index in [4.69, 9.17) is 9.47 Å². The topological polar surface area (TPSA) is 77.4 Å². The van der Waals surface area contributed by atoms with E-state index in [1.54, 1.807) is 0 Å². The Hall–Kier alpha value is -3.48. The van der Waals surface area contributed by atoms with E-state index in [1.807, 2.05) is 72.5 Å². The number of benzene rings is 2. The van der Waals surface area contributed by atoms with E-state index in [-0.39, 0.29) is 12.1 Å². The van der Waals surface area contributed by atoms with Crippen LogP contribution in [0.15, 0.2) is 60.9 Å². The standard InChI is InChI=1S/C23H26N4O3/c1-17(19-8-9-21-22(14-19)30-13-5-12-29-21)26-23(28)24-11-10-18-15-25-27(16-18)20-6-3-2-4-7-20/h2-4,6-9,14-17H,5,10-13H2,1H3,(H2,24,26,28). The van der Waals surface area contributed by atoms with Gasteiger partial charge in [0.2, 0.25) is 0 Å². The van der Waals surface area contributed by atoms with Crippen LogP contribution in [0.2, 0.25) is 0 Å². The van der Waals surface area contributed by atoms with E-state index in [0.29, 0.717) is 26.2 Å². The summed E-state index contributed by atoms with van der Waals surface area (Å²) in [5.41, 5.74) is 3.05. The lowest BCUT2D eigenvalue weighted by atomic mass is 10.1. The number of rotatable bonds is 6. The summed E-state index contributed by atoms with van der Waals surface area (Å²) in [6.07, 6.45) is 5.38. The summed E-state index contributed by atoms with van der Waals surface area (Å²) in [6.45, 7) is 3.77. The number of ether oxygens (including phenoxy) is 2. The zero-order valence-corrected chi connectivity index (χ0v) is 17.0. The molecule has 1 aliphatic rings. The summed E-state index contributed by atoms with van der Waals surface area (Å²) in [5, 5.41) is 10.3. The van der Waals surface area contributed by atoms with Gasteiger partial charge in [-0.3, -0.25) is 0 Å². The van der Waals surface area contributed by atoms with Gasteiger partial charge < -0.3 is 20.1 Å². The van der Waals surface area contributed by atoms with Crippen molar-refractivity contribution in [3.8, 4) is 17.2 Å². The molecule has 0 spiro atoms. The molecule has 2 amide bonds. The van der Waals surface area contributed by atoms with Gasteiger partial charge in [0.05, 0.1) is 31.1 Å². The first-order chi connectivity index (χ1) is 14.7. The van der Waals surface area contributed by atoms with Gasteiger partial charge in [-0.1, -0.05) is 24.3 Å². The fourth-order valence-electron chi connectivity index (χ4n) is 3.31. The lowest BCUT2D eigenvalue weighted by Crippen LogP contribution is -2.38. The van der Waals surface area contributed by atoms with Crippen molar-refractivity contribution < 1.29 is 14.3 Å². The Balaban J connectivity index is 1.26. The Kier molecular flexibility index (Phi) is 6.17.